The number of aromatic nitrogens is 4. The molecule has 9 heteroatoms. The van der Waals surface area contributed by atoms with E-state index in [0.717, 1.165) is 17.1 Å². The van der Waals surface area contributed by atoms with Gasteiger partial charge in [-0.25, -0.2) is 4.98 Å². The molecule has 3 rings (SSSR count). The molecule has 3 aromatic rings. The van der Waals surface area contributed by atoms with Crippen molar-refractivity contribution in [2.24, 2.45) is 0 Å². The largest absolute Gasteiger partial charge is 0.486 e. The summed E-state index contributed by atoms with van der Waals surface area (Å²) in [4.78, 5) is 16.0. The van der Waals surface area contributed by atoms with Crippen LogP contribution in [0.25, 0.3) is 0 Å². The second-order valence-corrected chi connectivity index (χ2v) is 7.26. The summed E-state index contributed by atoms with van der Waals surface area (Å²) < 4.78 is 7.76. The number of thioether (sulfide) groups is 1. The number of nitrogens with one attached hydrogen (secondary N) is 1. The molecule has 0 saturated carbocycles. The van der Waals surface area contributed by atoms with Crippen molar-refractivity contribution in [2.75, 3.05) is 11.1 Å². The monoisotopic (exact) mass is 389 g/mol. The molecule has 0 saturated heterocycles. The first kappa shape index (κ1) is 18.4. The van der Waals surface area contributed by atoms with Gasteiger partial charge in [0.05, 0.1) is 5.75 Å². The molecule has 0 aliphatic carbocycles. The van der Waals surface area contributed by atoms with E-state index in [1.54, 1.807) is 6.20 Å². The lowest BCUT2D eigenvalue weighted by atomic mass is 10.2. The van der Waals surface area contributed by atoms with Crippen LogP contribution >= 0.6 is 23.1 Å². The Hall–Kier alpha value is -2.39. The number of benzene rings is 1. The molecule has 0 aliphatic heterocycles. The van der Waals surface area contributed by atoms with Gasteiger partial charge in [-0.05, 0) is 31.5 Å². The fourth-order valence-corrected chi connectivity index (χ4v) is 3.64. The van der Waals surface area contributed by atoms with Crippen molar-refractivity contribution in [3.8, 4) is 5.75 Å². The normalized spacial score (nSPS) is 10.7. The number of carbonyl (C=O) groups is 1. The molecule has 1 amide bonds. The molecule has 0 radical (unpaired) electrons. The predicted molar refractivity (Wildman–Crippen MR) is 103 cm³/mol. The standard InChI is InChI=1S/C17H19N5O2S2/c1-3-22-14(10-24-13-6-4-5-12(2)9-13)20-21-17(22)26-11-15(23)19-16-18-7-8-25-16/h4-9H,3,10-11H2,1-2H3,(H,18,19,23). The molecule has 0 bridgehead atoms. The first-order valence-electron chi connectivity index (χ1n) is 8.09. The van der Waals surface area contributed by atoms with E-state index in [1.165, 1.54) is 23.1 Å². The SMILES string of the molecule is CCn1c(COc2cccc(C)c2)nnc1SCC(=O)Nc1nccs1. The van der Waals surface area contributed by atoms with Gasteiger partial charge >= 0.3 is 0 Å². The van der Waals surface area contributed by atoms with E-state index in [0.29, 0.717) is 23.4 Å². The van der Waals surface area contributed by atoms with E-state index >= 15 is 0 Å². The minimum Gasteiger partial charge on any atom is -0.486 e. The predicted octanol–water partition coefficient (Wildman–Crippen LogP) is 3.37. The van der Waals surface area contributed by atoms with Crippen molar-refractivity contribution in [1.29, 1.82) is 0 Å². The van der Waals surface area contributed by atoms with Gasteiger partial charge in [-0.2, -0.15) is 0 Å². The number of hydrogen-bond acceptors (Lipinski definition) is 7. The van der Waals surface area contributed by atoms with Crippen molar-refractivity contribution in [3.05, 3.63) is 47.2 Å². The molecule has 1 N–H and O–H groups in total. The summed E-state index contributed by atoms with van der Waals surface area (Å²) in [6, 6.07) is 7.87. The Labute approximate surface area is 159 Å². The number of ether oxygens (including phenoxy) is 1. The fourth-order valence-electron chi connectivity index (χ4n) is 2.27. The number of aryl methyl sites for hydroxylation is 1. The summed E-state index contributed by atoms with van der Waals surface area (Å²) in [5, 5.41) is 14.3. The Morgan fingerprint density at radius 1 is 1.38 bits per heavy atom. The highest BCUT2D eigenvalue weighted by Crippen LogP contribution is 2.20. The molecule has 136 valence electrons. The minimum atomic E-state index is -0.117. The fraction of sp³-hybridized carbons (Fsp3) is 0.294. The summed E-state index contributed by atoms with van der Waals surface area (Å²) in [5.74, 6) is 1.66. The van der Waals surface area contributed by atoms with Gasteiger partial charge in [-0.3, -0.25) is 4.79 Å². The number of anilines is 1. The van der Waals surface area contributed by atoms with Gasteiger partial charge in [0.2, 0.25) is 5.91 Å². The maximum Gasteiger partial charge on any atom is 0.236 e. The van der Waals surface area contributed by atoms with Crippen molar-refractivity contribution < 1.29 is 9.53 Å². The number of rotatable bonds is 8. The van der Waals surface area contributed by atoms with Crippen LogP contribution in [0.2, 0.25) is 0 Å². The van der Waals surface area contributed by atoms with Crippen LogP contribution in [0, 0.1) is 6.92 Å². The lowest BCUT2D eigenvalue weighted by Crippen LogP contribution is -2.14. The highest BCUT2D eigenvalue weighted by molar-refractivity contribution is 7.99. The van der Waals surface area contributed by atoms with Gasteiger partial charge < -0.3 is 14.6 Å². The third kappa shape index (κ3) is 4.83. The van der Waals surface area contributed by atoms with Gasteiger partial charge in [0.1, 0.15) is 12.4 Å². The molecule has 0 atom stereocenters. The van der Waals surface area contributed by atoms with Crippen LogP contribution in [0.1, 0.15) is 18.3 Å². The Kier molecular flexibility index (Phi) is 6.24. The summed E-state index contributed by atoms with van der Waals surface area (Å²) in [5.41, 5.74) is 1.14. The van der Waals surface area contributed by atoms with Crippen molar-refractivity contribution in [1.82, 2.24) is 19.7 Å². The lowest BCUT2D eigenvalue weighted by molar-refractivity contribution is -0.113. The Balaban J connectivity index is 1.57. The van der Waals surface area contributed by atoms with E-state index in [1.807, 2.05) is 48.1 Å². The van der Waals surface area contributed by atoms with Crippen LogP contribution in [-0.2, 0) is 17.9 Å². The molecule has 26 heavy (non-hydrogen) atoms. The molecular weight excluding hydrogens is 370 g/mol. The third-order valence-corrected chi connectivity index (χ3v) is 5.13. The highest BCUT2D eigenvalue weighted by atomic mass is 32.2. The number of carbonyl (C=O) groups excluding carboxylic acids is 1. The zero-order valence-corrected chi connectivity index (χ0v) is 16.1. The van der Waals surface area contributed by atoms with E-state index in [9.17, 15) is 4.79 Å². The quantitative estimate of drug-likeness (QED) is 0.595. The molecule has 2 aromatic heterocycles. The van der Waals surface area contributed by atoms with Crippen LogP contribution in [0.15, 0.2) is 41.0 Å². The Bertz CT molecular complexity index is 864. The third-order valence-electron chi connectivity index (χ3n) is 3.48. The Morgan fingerprint density at radius 2 is 2.27 bits per heavy atom. The number of hydrogen-bond donors (Lipinski definition) is 1. The maximum absolute atomic E-state index is 12.0. The van der Waals surface area contributed by atoms with E-state index in [-0.39, 0.29) is 11.7 Å². The number of thiazole rings is 1. The second kappa shape index (κ2) is 8.81. The van der Waals surface area contributed by atoms with Crippen LogP contribution in [0.5, 0.6) is 5.75 Å². The van der Waals surface area contributed by atoms with Gasteiger partial charge in [-0.15, -0.1) is 21.5 Å². The summed E-state index contributed by atoms with van der Waals surface area (Å²) in [6.07, 6.45) is 1.65. The van der Waals surface area contributed by atoms with Gasteiger partial charge in [0.25, 0.3) is 0 Å². The smallest absolute Gasteiger partial charge is 0.236 e. The summed E-state index contributed by atoms with van der Waals surface area (Å²) >= 11 is 2.73. The zero-order valence-electron chi connectivity index (χ0n) is 14.5. The van der Waals surface area contributed by atoms with Gasteiger partial charge in [-0.1, -0.05) is 23.9 Å². The van der Waals surface area contributed by atoms with E-state index in [2.05, 4.69) is 20.5 Å². The average Bonchev–Trinajstić information content (AvgIpc) is 3.27. The molecule has 0 aliphatic rings. The van der Waals surface area contributed by atoms with Crippen LogP contribution < -0.4 is 10.1 Å². The molecule has 0 fully saturated rings. The number of amides is 1. The minimum absolute atomic E-state index is 0.117. The number of nitrogens with zero attached hydrogens (tertiary/aromatic N) is 4. The summed E-state index contributed by atoms with van der Waals surface area (Å²) in [7, 11) is 0. The van der Waals surface area contributed by atoms with Gasteiger partial charge in [0, 0.05) is 18.1 Å². The van der Waals surface area contributed by atoms with E-state index in [4.69, 9.17) is 4.74 Å². The molecule has 0 unspecified atom stereocenters. The van der Waals surface area contributed by atoms with Crippen LogP contribution in [0.3, 0.4) is 0 Å². The van der Waals surface area contributed by atoms with Crippen molar-refractivity contribution in [3.63, 3.8) is 0 Å². The molecule has 7 nitrogen and oxygen atoms in total. The first-order valence-corrected chi connectivity index (χ1v) is 9.96. The Morgan fingerprint density at radius 3 is 3.00 bits per heavy atom. The molecule has 0 spiro atoms. The van der Waals surface area contributed by atoms with Crippen LogP contribution in [-0.4, -0.2) is 31.4 Å². The topological polar surface area (TPSA) is 81.9 Å². The molecule has 2 heterocycles. The molecular formula is C17H19N5O2S2. The maximum atomic E-state index is 12.0. The van der Waals surface area contributed by atoms with Gasteiger partial charge in [0.15, 0.2) is 16.1 Å². The van der Waals surface area contributed by atoms with Crippen molar-refractivity contribution in [2.45, 2.75) is 32.2 Å². The highest BCUT2D eigenvalue weighted by Gasteiger charge is 2.14. The zero-order chi connectivity index (χ0) is 18.4. The second-order valence-electron chi connectivity index (χ2n) is 5.42. The van der Waals surface area contributed by atoms with Crippen molar-refractivity contribution >= 4 is 34.1 Å². The van der Waals surface area contributed by atoms with Crippen LogP contribution in [0.4, 0.5) is 5.13 Å². The first-order chi connectivity index (χ1) is 12.7. The summed E-state index contributed by atoms with van der Waals surface area (Å²) in [6.45, 7) is 5.07. The lowest BCUT2D eigenvalue weighted by Gasteiger charge is -2.09. The molecule has 1 aromatic carbocycles. The van der Waals surface area contributed by atoms with E-state index < -0.39 is 0 Å². The average molecular weight is 390 g/mol.